The lowest BCUT2D eigenvalue weighted by Gasteiger charge is -2.14. The molecule has 4 aromatic carbocycles. The van der Waals surface area contributed by atoms with Crippen LogP contribution in [-0.2, 0) is 6.61 Å². The van der Waals surface area contributed by atoms with Gasteiger partial charge in [0, 0.05) is 18.8 Å². The molecule has 0 fully saturated rings. The molecule has 0 spiro atoms. The Labute approximate surface area is 183 Å². The molecule has 4 rings (SSSR count). The average molecular weight is 411 g/mol. The molecule has 156 valence electrons. The molecule has 0 saturated carbocycles. The van der Waals surface area contributed by atoms with Crippen LogP contribution in [0.25, 0.3) is 0 Å². The predicted molar refractivity (Wildman–Crippen MR) is 127 cm³/mol. The molecule has 4 nitrogen and oxygen atoms in total. The first kappa shape index (κ1) is 20.4. The molecule has 0 amide bonds. The quantitative estimate of drug-likeness (QED) is 0.290. The summed E-state index contributed by atoms with van der Waals surface area (Å²) in [6.07, 6.45) is 0. The van der Waals surface area contributed by atoms with E-state index in [1.54, 1.807) is 0 Å². The summed E-state index contributed by atoms with van der Waals surface area (Å²) in [5.41, 5.74) is 3.20. The maximum Gasteiger partial charge on any atom is 0.142 e. The molecule has 31 heavy (non-hydrogen) atoms. The van der Waals surface area contributed by atoms with Crippen molar-refractivity contribution in [2.75, 3.05) is 23.7 Å². The zero-order valence-electron chi connectivity index (χ0n) is 17.3. The Balaban J connectivity index is 1.23. The Kier molecular flexibility index (Phi) is 7.05. The van der Waals surface area contributed by atoms with Crippen molar-refractivity contribution in [1.29, 1.82) is 0 Å². The van der Waals surface area contributed by atoms with Crippen LogP contribution in [0.5, 0.6) is 17.2 Å². The molecule has 0 saturated heterocycles. The Morgan fingerprint density at radius 1 is 0.548 bits per heavy atom. The summed E-state index contributed by atoms with van der Waals surface area (Å²) >= 11 is 0. The third kappa shape index (κ3) is 6.28. The Bertz CT molecular complexity index is 1050. The van der Waals surface area contributed by atoms with Crippen LogP contribution in [0.4, 0.5) is 11.4 Å². The first-order valence-electron chi connectivity index (χ1n) is 10.4. The maximum absolute atomic E-state index is 6.00. The Morgan fingerprint density at radius 3 is 1.94 bits per heavy atom. The molecule has 2 N–H and O–H groups in total. The third-order valence-electron chi connectivity index (χ3n) is 4.73. The molecule has 0 unspecified atom stereocenters. The molecule has 0 aliphatic heterocycles. The second kappa shape index (κ2) is 10.7. The molecular formula is C27H26N2O2. The van der Waals surface area contributed by atoms with Gasteiger partial charge in [-0.1, -0.05) is 60.7 Å². The first-order valence-corrected chi connectivity index (χ1v) is 10.4. The van der Waals surface area contributed by atoms with E-state index < -0.39 is 0 Å². The monoisotopic (exact) mass is 410 g/mol. The summed E-state index contributed by atoms with van der Waals surface area (Å²) < 4.78 is 11.8. The minimum atomic E-state index is 0.551. The van der Waals surface area contributed by atoms with Crippen LogP contribution >= 0.6 is 0 Å². The molecule has 4 aromatic rings. The summed E-state index contributed by atoms with van der Waals surface area (Å²) in [4.78, 5) is 0. The van der Waals surface area contributed by atoms with E-state index in [-0.39, 0.29) is 0 Å². The molecule has 4 heteroatoms. The van der Waals surface area contributed by atoms with Crippen LogP contribution in [0.1, 0.15) is 5.56 Å². The molecule has 0 heterocycles. The maximum atomic E-state index is 6.00. The second-order valence-electron chi connectivity index (χ2n) is 7.06. The smallest absolute Gasteiger partial charge is 0.142 e. The van der Waals surface area contributed by atoms with Crippen molar-refractivity contribution in [1.82, 2.24) is 0 Å². The van der Waals surface area contributed by atoms with Crippen molar-refractivity contribution < 1.29 is 9.47 Å². The van der Waals surface area contributed by atoms with Crippen molar-refractivity contribution >= 4 is 11.4 Å². The summed E-state index contributed by atoms with van der Waals surface area (Å²) in [6, 6.07) is 36.0. The molecule has 0 atom stereocenters. The molecule has 0 aliphatic carbocycles. The van der Waals surface area contributed by atoms with Gasteiger partial charge in [-0.15, -0.1) is 0 Å². The minimum absolute atomic E-state index is 0.551. The van der Waals surface area contributed by atoms with Gasteiger partial charge in [0.05, 0.1) is 5.69 Å². The lowest BCUT2D eigenvalue weighted by atomic mass is 10.2. The van der Waals surface area contributed by atoms with Crippen LogP contribution in [0.15, 0.2) is 109 Å². The van der Waals surface area contributed by atoms with Gasteiger partial charge in [0.1, 0.15) is 23.9 Å². The molecule has 0 aromatic heterocycles. The summed E-state index contributed by atoms with van der Waals surface area (Å²) in [5.74, 6) is 2.51. The zero-order chi connectivity index (χ0) is 21.1. The van der Waals surface area contributed by atoms with Gasteiger partial charge >= 0.3 is 0 Å². The number of ether oxygens (including phenoxy) is 2. The van der Waals surface area contributed by atoms with Crippen LogP contribution < -0.4 is 20.1 Å². The average Bonchev–Trinajstić information content (AvgIpc) is 2.83. The standard InChI is InChI=1S/C27H26N2O2/c1-3-9-22(10-4-1)21-30-27-14-8-7-13-26(27)29-20-19-28-23-15-17-25(18-16-23)31-24-11-5-2-6-12-24/h1-18,28-29H,19-21H2. The topological polar surface area (TPSA) is 42.5 Å². The van der Waals surface area contributed by atoms with E-state index in [1.165, 1.54) is 0 Å². The Hall–Kier alpha value is -3.92. The summed E-state index contributed by atoms with van der Waals surface area (Å²) in [5, 5.41) is 6.88. The first-order chi connectivity index (χ1) is 15.4. The number of nitrogens with one attached hydrogen (secondary N) is 2. The van der Waals surface area contributed by atoms with Gasteiger partial charge in [-0.25, -0.2) is 0 Å². The van der Waals surface area contributed by atoms with E-state index in [9.17, 15) is 0 Å². The van der Waals surface area contributed by atoms with Crippen molar-refractivity contribution in [3.63, 3.8) is 0 Å². The highest BCUT2D eigenvalue weighted by atomic mass is 16.5. The lowest BCUT2D eigenvalue weighted by Crippen LogP contribution is -2.14. The molecule has 0 bridgehead atoms. The number of benzene rings is 4. The SMILES string of the molecule is c1ccc(COc2ccccc2NCCNc2ccc(Oc3ccccc3)cc2)cc1. The predicted octanol–water partition coefficient (Wildman–Crippen LogP) is 6.58. The van der Waals surface area contributed by atoms with Crippen molar-refractivity contribution in [2.45, 2.75) is 6.61 Å². The fraction of sp³-hybridized carbons (Fsp3) is 0.111. The van der Waals surface area contributed by atoms with Gasteiger partial charge in [-0.2, -0.15) is 0 Å². The zero-order valence-corrected chi connectivity index (χ0v) is 17.3. The van der Waals surface area contributed by atoms with Crippen LogP contribution in [-0.4, -0.2) is 13.1 Å². The van der Waals surface area contributed by atoms with Gasteiger partial charge in [-0.05, 0) is 54.1 Å². The number of hydrogen-bond donors (Lipinski definition) is 2. The Morgan fingerprint density at radius 2 is 1.16 bits per heavy atom. The minimum Gasteiger partial charge on any atom is -0.487 e. The highest BCUT2D eigenvalue weighted by molar-refractivity contribution is 5.56. The normalized spacial score (nSPS) is 10.3. The van der Waals surface area contributed by atoms with Crippen molar-refractivity contribution in [3.8, 4) is 17.2 Å². The van der Waals surface area contributed by atoms with Gasteiger partial charge < -0.3 is 20.1 Å². The summed E-state index contributed by atoms with van der Waals surface area (Å²) in [7, 11) is 0. The summed E-state index contributed by atoms with van der Waals surface area (Å²) in [6.45, 7) is 2.11. The third-order valence-corrected chi connectivity index (χ3v) is 4.73. The highest BCUT2D eigenvalue weighted by Gasteiger charge is 2.03. The number of hydrogen-bond acceptors (Lipinski definition) is 4. The van der Waals surface area contributed by atoms with Crippen molar-refractivity contribution in [3.05, 3.63) is 115 Å². The van der Waals surface area contributed by atoms with E-state index in [0.29, 0.717) is 6.61 Å². The van der Waals surface area contributed by atoms with Crippen LogP contribution in [0, 0.1) is 0 Å². The van der Waals surface area contributed by atoms with Crippen LogP contribution in [0.3, 0.4) is 0 Å². The van der Waals surface area contributed by atoms with Crippen molar-refractivity contribution in [2.24, 2.45) is 0 Å². The van der Waals surface area contributed by atoms with Gasteiger partial charge in [0.2, 0.25) is 0 Å². The van der Waals surface area contributed by atoms with Gasteiger partial charge in [0.25, 0.3) is 0 Å². The second-order valence-corrected chi connectivity index (χ2v) is 7.06. The molecular weight excluding hydrogens is 384 g/mol. The highest BCUT2D eigenvalue weighted by Crippen LogP contribution is 2.25. The van der Waals surface area contributed by atoms with E-state index in [1.807, 2.05) is 97.1 Å². The molecule has 0 radical (unpaired) electrons. The van der Waals surface area contributed by atoms with E-state index >= 15 is 0 Å². The van der Waals surface area contributed by atoms with Crippen LogP contribution in [0.2, 0.25) is 0 Å². The lowest BCUT2D eigenvalue weighted by molar-refractivity contribution is 0.307. The molecule has 0 aliphatic rings. The fourth-order valence-electron chi connectivity index (χ4n) is 3.14. The fourth-order valence-corrected chi connectivity index (χ4v) is 3.14. The number of anilines is 2. The number of para-hydroxylation sites is 3. The van der Waals surface area contributed by atoms with E-state index in [2.05, 4.69) is 22.8 Å². The van der Waals surface area contributed by atoms with Gasteiger partial charge in [0.15, 0.2) is 0 Å². The largest absolute Gasteiger partial charge is 0.487 e. The van der Waals surface area contributed by atoms with Gasteiger partial charge in [-0.3, -0.25) is 0 Å². The number of rotatable bonds is 10. The van der Waals surface area contributed by atoms with E-state index in [4.69, 9.17) is 9.47 Å². The van der Waals surface area contributed by atoms with E-state index in [0.717, 1.165) is 47.3 Å².